The first-order chi connectivity index (χ1) is 46.8. The van der Waals surface area contributed by atoms with E-state index in [2.05, 4.69) is 33.2 Å². The molecule has 2 aliphatic rings. The topological polar surface area (TPSA) is 513 Å². The van der Waals surface area contributed by atoms with Crippen LogP contribution < -0.4 is 32.3 Å². The van der Waals surface area contributed by atoms with Gasteiger partial charge in [-0.2, -0.15) is 0 Å². The second kappa shape index (κ2) is 45.0. The number of benzene rings is 1. The molecule has 0 spiro atoms. The normalized spacial score (nSPS) is 17.8. The molecule has 99 heavy (non-hydrogen) atoms. The highest BCUT2D eigenvalue weighted by molar-refractivity contribution is 5.92. The third kappa shape index (κ3) is 34.5. The molecular weight excluding hydrogens is 1300 g/mol. The van der Waals surface area contributed by atoms with E-state index in [9.17, 15) is 108 Å². The highest BCUT2D eigenvalue weighted by Crippen LogP contribution is 2.16. The predicted octanol–water partition coefficient (Wildman–Crippen LogP) is -4.28. The molecule has 1 aromatic rings. The largest absolute Gasteiger partial charge is 0.512 e. The number of aryl methyl sites for hydroxylation is 1. The van der Waals surface area contributed by atoms with E-state index in [1.165, 1.54) is 24.5 Å². The van der Waals surface area contributed by atoms with Crippen molar-refractivity contribution in [3.63, 3.8) is 0 Å². The summed E-state index contributed by atoms with van der Waals surface area (Å²) in [5.74, 6) is -13.3. The van der Waals surface area contributed by atoms with Gasteiger partial charge in [-0.15, -0.1) is 0 Å². The molecule has 36 heteroatoms. The molecular formula is C63H100N14O22. The molecule has 6 atom stereocenters. The maximum absolute atomic E-state index is 14.3. The molecule has 6 amide bonds. The Hall–Kier alpha value is -8.78. The molecule has 2 heterocycles. The number of primary amides is 1. The molecule has 15 N–H and O–H groups in total. The van der Waals surface area contributed by atoms with Gasteiger partial charge in [0.15, 0.2) is 5.78 Å². The number of aliphatic carboxylic acids is 7. The Morgan fingerprint density at radius 2 is 0.869 bits per heavy atom. The quantitative estimate of drug-likeness (QED) is 0.0218. The SMILES string of the molecule is C=C(O)CN1CCN(CC(=O)O)CCN(C(CCC(=O)NC[C@H](NC(=O)CCC(C(=O)O)N2CCN(CC(=O)O)CCN(CC(=O)O)CCN(CC(=O)O)CC2)C(=O)CCc2ccc(CNC(=O)[C@H](CCC(N)=O)NC(=O)[C@@H](NC=O)C(C)CC)cc2)C(=O)O)CCN(CC(=O)O)CC1. The highest BCUT2D eigenvalue weighted by atomic mass is 16.4. The molecule has 2 fully saturated rings. The van der Waals surface area contributed by atoms with E-state index < -0.39 is 159 Å². The summed E-state index contributed by atoms with van der Waals surface area (Å²) < 4.78 is 0. The van der Waals surface area contributed by atoms with E-state index in [4.69, 9.17) is 5.73 Å². The number of carboxylic acids is 7. The summed E-state index contributed by atoms with van der Waals surface area (Å²) in [6, 6.07) is 0.173. The predicted molar refractivity (Wildman–Crippen MR) is 352 cm³/mol. The second-order valence-corrected chi connectivity index (χ2v) is 24.7. The van der Waals surface area contributed by atoms with Crippen molar-refractivity contribution in [3.05, 3.63) is 47.7 Å². The van der Waals surface area contributed by atoms with Crippen LogP contribution in [-0.2, 0) is 80.1 Å². The third-order valence-electron chi connectivity index (χ3n) is 17.1. The average molecular weight is 1410 g/mol. The van der Waals surface area contributed by atoms with Crippen LogP contribution in [0.5, 0.6) is 0 Å². The van der Waals surface area contributed by atoms with Crippen molar-refractivity contribution in [1.29, 1.82) is 0 Å². The second-order valence-electron chi connectivity index (χ2n) is 24.7. The van der Waals surface area contributed by atoms with Crippen LogP contribution in [0.25, 0.3) is 0 Å². The van der Waals surface area contributed by atoms with E-state index in [1.807, 2.05) is 6.92 Å². The molecule has 0 aromatic heterocycles. The van der Waals surface area contributed by atoms with Gasteiger partial charge in [0.1, 0.15) is 30.2 Å². The number of nitrogens with two attached hydrogens (primary N) is 1. The molecule has 0 radical (unpaired) electrons. The fourth-order valence-electron chi connectivity index (χ4n) is 11.4. The van der Waals surface area contributed by atoms with Gasteiger partial charge in [-0.3, -0.25) is 106 Å². The number of aliphatic hydroxyl groups excluding tert-OH is 1. The van der Waals surface area contributed by atoms with Crippen LogP contribution in [0.1, 0.15) is 76.3 Å². The van der Waals surface area contributed by atoms with E-state index in [0.717, 1.165) is 0 Å². The maximum atomic E-state index is 14.3. The Morgan fingerprint density at radius 1 is 0.485 bits per heavy atom. The van der Waals surface area contributed by atoms with Crippen molar-refractivity contribution in [3.8, 4) is 0 Å². The fourth-order valence-corrected chi connectivity index (χ4v) is 11.4. The van der Waals surface area contributed by atoms with Crippen LogP contribution in [0.4, 0.5) is 0 Å². The number of hydrogen-bond acceptors (Lipinski definition) is 23. The standard InChI is InChI=1S/C63H100N14O22/c1-4-42(2)59(67-41-78)61(95)69-46(10-14-51(64)81)60(94)66-33-45-7-5-44(6-8-45)9-13-50(80)47(68-53(83)16-12-49(63(98)99)77-31-27-74(39-57(90)91)23-21-71(36-54(84)85)22-24-75(28-32-77)40-58(92)93)34-65-52(82)15-11-48(62(96)97)76-29-25-72(37-55(86)87)19-17-70(35-43(3)79)18-20-73(26-30-76)38-56(88)89/h5-8,41-42,46-49,59,79H,3-4,9-40H2,1-2H3,(H2,64,81)(H,65,82)(H,66,94)(H,67,78)(H,68,83)(H,69,95)(H,84,85)(H,86,87)(H,88,89)(H,90,91)(H,92,93)(H,96,97)(H,98,99)/t42?,46-,47-,48?,49?,59-/m0/s1. The minimum atomic E-state index is -1.47. The Bertz CT molecular complexity index is 2830. The van der Waals surface area contributed by atoms with Crippen molar-refractivity contribution < 1.29 is 108 Å². The van der Waals surface area contributed by atoms with E-state index in [-0.39, 0.29) is 168 Å². The summed E-state index contributed by atoms with van der Waals surface area (Å²) in [6.07, 6.45) is -1.39. The van der Waals surface area contributed by atoms with Gasteiger partial charge in [0, 0.05) is 143 Å². The van der Waals surface area contributed by atoms with E-state index in [1.54, 1.807) is 45.9 Å². The monoisotopic (exact) mass is 1400 g/mol. The lowest BCUT2D eigenvalue weighted by Crippen LogP contribution is -2.54. The van der Waals surface area contributed by atoms with Gasteiger partial charge in [-0.05, 0) is 42.7 Å². The highest BCUT2D eigenvalue weighted by Gasteiger charge is 2.33. The van der Waals surface area contributed by atoms with Gasteiger partial charge in [0.2, 0.25) is 35.9 Å². The first kappa shape index (κ1) is 84.4. The van der Waals surface area contributed by atoms with Crippen LogP contribution in [0.3, 0.4) is 0 Å². The zero-order chi connectivity index (χ0) is 73.7. The molecule has 3 rings (SSSR count). The number of nitrogens with zero attached hydrogens (tertiary/aromatic N) is 8. The smallest absolute Gasteiger partial charge is 0.320 e. The lowest BCUT2D eigenvalue weighted by Gasteiger charge is -2.35. The van der Waals surface area contributed by atoms with Crippen molar-refractivity contribution in [2.75, 3.05) is 151 Å². The number of carboxylic acid groups (broad SMARTS) is 7. The fraction of sp³-hybridized carbons (Fsp3) is 0.651. The first-order valence-electron chi connectivity index (χ1n) is 32.8. The summed E-state index contributed by atoms with van der Waals surface area (Å²) in [5, 5.41) is 92.7. The molecule has 0 bridgehead atoms. The van der Waals surface area contributed by atoms with Gasteiger partial charge in [0.25, 0.3) is 0 Å². The average Bonchev–Trinajstić information content (AvgIpc) is 0.943. The molecule has 2 aliphatic heterocycles. The number of nitrogens with one attached hydrogen (secondary N) is 5. The Balaban J connectivity index is 1.91. The summed E-state index contributed by atoms with van der Waals surface area (Å²) in [6.45, 7) is 5.09. The van der Waals surface area contributed by atoms with Crippen molar-refractivity contribution in [1.82, 2.24) is 65.8 Å². The molecule has 0 saturated carbocycles. The van der Waals surface area contributed by atoms with Crippen LogP contribution in [-0.4, -0.2) is 344 Å². The summed E-state index contributed by atoms with van der Waals surface area (Å²) in [4.78, 5) is 190. The number of rotatable bonds is 41. The minimum Gasteiger partial charge on any atom is -0.512 e. The number of aliphatic hydroxyl groups is 1. The lowest BCUT2D eigenvalue weighted by atomic mass is 9.98. The molecule has 3 unspecified atom stereocenters. The molecule has 0 aliphatic carbocycles. The van der Waals surface area contributed by atoms with Crippen LogP contribution in [0.15, 0.2) is 36.6 Å². The van der Waals surface area contributed by atoms with E-state index >= 15 is 0 Å². The van der Waals surface area contributed by atoms with Crippen LogP contribution in [0, 0.1) is 5.92 Å². The zero-order valence-corrected chi connectivity index (χ0v) is 56.3. The number of amides is 6. The molecule has 36 nitrogen and oxygen atoms in total. The van der Waals surface area contributed by atoms with Gasteiger partial charge < -0.3 is 73.2 Å². The van der Waals surface area contributed by atoms with Gasteiger partial charge in [-0.25, -0.2) is 0 Å². The molecule has 554 valence electrons. The van der Waals surface area contributed by atoms with Crippen LogP contribution >= 0.6 is 0 Å². The van der Waals surface area contributed by atoms with Crippen molar-refractivity contribution >= 4 is 83.5 Å². The number of Topliss-reactive ketones (excluding diaryl/α,β-unsaturated/α-hetero) is 1. The number of carbonyl (C=O) groups excluding carboxylic acids is 7. The van der Waals surface area contributed by atoms with Crippen molar-refractivity contribution in [2.24, 2.45) is 11.7 Å². The Kier molecular flexibility index (Phi) is 38.4. The third-order valence-corrected chi connectivity index (χ3v) is 17.1. The summed E-state index contributed by atoms with van der Waals surface area (Å²) in [7, 11) is 0. The van der Waals surface area contributed by atoms with Gasteiger partial charge in [-0.1, -0.05) is 51.1 Å². The van der Waals surface area contributed by atoms with Gasteiger partial charge in [0.05, 0.1) is 45.0 Å². The Morgan fingerprint density at radius 3 is 1.23 bits per heavy atom. The maximum Gasteiger partial charge on any atom is 0.320 e. The first-order valence-corrected chi connectivity index (χ1v) is 32.8. The minimum absolute atomic E-state index is 0.0336. The molecule has 2 saturated heterocycles. The summed E-state index contributed by atoms with van der Waals surface area (Å²) >= 11 is 0. The van der Waals surface area contributed by atoms with Crippen LogP contribution in [0.2, 0.25) is 0 Å². The van der Waals surface area contributed by atoms with Crippen molar-refractivity contribution in [2.45, 2.75) is 108 Å². The zero-order valence-electron chi connectivity index (χ0n) is 56.3. The lowest BCUT2D eigenvalue weighted by molar-refractivity contribution is -0.145. The van der Waals surface area contributed by atoms with Gasteiger partial charge >= 0.3 is 41.8 Å². The number of hydrogen-bond donors (Lipinski definition) is 14. The van der Waals surface area contributed by atoms with E-state index in [0.29, 0.717) is 24.0 Å². The number of carbonyl (C=O) groups is 14. The number of ketones is 1. The Labute approximate surface area is 573 Å². The summed E-state index contributed by atoms with van der Waals surface area (Å²) in [5.41, 5.74) is 6.52. The molecule has 1 aromatic carbocycles.